The van der Waals surface area contributed by atoms with Crippen LogP contribution >= 0.6 is 0 Å². The molecule has 0 unspecified atom stereocenters. The fraction of sp³-hybridized carbons (Fsp3) is 0.741. The van der Waals surface area contributed by atoms with Gasteiger partial charge in [0, 0.05) is 54.4 Å². The Labute approximate surface area is 247 Å². The van der Waals surface area contributed by atoms with Gasteiger partial charge >= 0.3 is 41.8 Å². The van der Waals surface area contributed by atoms with Crippen molar-refractivity contribution in [1.82, 2.24) is 0 Å². The van der Waals surface area contributed by atoms with Crippen molar-refractivity contribution >= 4 is 41.8 Å². The molecule has 0 spiro atoms. The predicted octanol–water partition coefficient (Wildman–Crippen LogP) is 0.291. The van der Waals surface area contributed by atoms with Crippen LogP contribution in [0.1, 0.15) is 61.3 Å². The van der Waals surface area contributed by atoms with E-state index in [-0.39, 0.29) is 19.4 Å². The highest BCUT2D eigenvalue weighted by Gasteiger charge is 2.55. The van der Waals surface area contributed by atoms with E-state index in [2.05, 4.69) is 0 Å². The van der Waals surface area contributed by atoms with Gasteiger partial charge in [-0.05, 0) is 12.8 Å². The summed E-state index contributed by atoms with van der Waals surface area (Å²) in [5.41, 5.74) is 0. The summed E-state index contributed by atoms with van der Waals surface area (Å²) in [6, 6.07) is 0. The predicted molar refractivity (Wildman–Crippen MR) is 137 cm³/mol. The highest BCUT2D eigenvalue weighted by atomic mass is 16.7. The van der Waals surface area contributed by atoms with Crippen molar-refractivity contribution in [1.29, 1.82) is 0 Å². The number of ether oxygens (including phenoxy) is 9. The molecule has 1 aliphatic carbocycles. The van der Waals surface area contributed by atoms with E-state index in [1.165, 1.54) is 13.8 Å². The molecule has 2 fully saturated rings. The summed E-state index contributed by atoms with van der Waals surface area (Å²) in [5.74, 6) is -5.88. The van der Waals surface area contributed by atoms with Crippen molar-refractivity contribution in [3.63, 3.8) is 0 Å². The van der Waals surface area contributed by atoms with Gasteiger partial charge in [0.1, 0.15) is 24.9 Å². The Morgan fingerprint density at radius 2 is 0.977 bits per heavy atom. The topological polar surface area (TPSA) is 203 Å². The van der Waals surface area contributed by atoms with E-state index in [9.17, 15) is 33.6 Å². The van der Waals surface area contributed by atoms with Gasteiger partial charge in [-0.3, -0.25) is 33.6 Å². The molecule has 0 aromatic heterocycles. The highest BCUT2D eigenvalue weighted by Crippen LogP contribution is 2.37. The monoisotopic (exact) mass is 618 g/mol. The van der Waals surface area contributed by atoms with Crippen LogP contribution in [0, 0.1) is 5.92 Å². The third-order valence-electron chi connectivity index (χ3n) is 6.34. The minimum atomic E-state index is -1.63. The van der Waals surface area contributed by atoms with Crippen molar-refractivity contribution in [2.45, 2.75) is 110 Å². The first-order chi connectivity index (χ1) is 20.1. The second-order valence-electron chi connectivity index (χ2n) is 10.0. The molecule has 0 aromatic carbocycles. The van der Waals surface area contributed by atoms with Crippen LogP contribution in [0.5, 0.6) is 0 Å². The summed E-state index contributed by atoms with van der Waals surface area (Å²) in [5, 5.41) is 0. The highest BCUT2D eigenvalue weighted by molar-refractivity contribution is 5.69. The zero-order valence-electron chi connectivity index (χ0n) is 25.1. The molecule has 1 heterocycles. The zero-order chi connectivity index (χ0) is 32.4. The lowest BCUT2D eigenvalue weighted by Crippen LogP contribution is -2.64. The van der Waals surface area contributed by atoms with Gasteiger partial charge in [0.25, 0.3) is 0 Å². The van der Waals surface area contributed by atoms with Crippen LogP contribution in [0.4, 0.5) is 0 Å². The van der Waals surface area contributed by atoms with Crippen molar-refractivity contribution in [2.24, 2.45) is 5.92 Å². The fourth-order valence-electron chi connectivity index (χ4n) is 4.90. The summed E-state index contributed by atoms with van der Waals surface area (Å²) in [4.78, 5) is 83.6. The Hall–Kier alpha value is -3.79. The normalized spacial score (nSPS) is 30.2. The Kier molecular flexibility index (Phi) is 13.3. The van der Waals surface area contributed by atoms with Gasteiger partial charge in [0.2, 0.25) is 0 Å². The maximum Gasteiger partial charge on any atom is 0.303 e. The van der Waals surface area contributed by atoms with E-state index in [0.29, 0.717) is 0 Å². The lowest BCUT2D eigenvalue weighted by molar-refractivity contribution is -0.331. The number of carbonyl (C=O) groups is 7. The fourth-order valence-corrected chi connectivity index (χ4v) is 4.90. The smallest absolute Gasteiger partial charge is 0.303 e. The van der Waals surface area contributed by atoms with Crippen LogP contribution in [-0.2, 0) is 76.2 Å². The third kappa shape index (κ3) is 11.1. The first-order valence-electron chi connectivity index (χ1n) is 13.5. The second kappa shape index (κ2) is 16.2. The van der Waals surface area contributed by atoms with Crippen molar-refractivity contribution < 1.29 is 76.2 Å². The molecule has 2 aliphatic rings. The molecular weight excluding hydrogens is 580 g/mol. The van der Waals surface area contributed by atoms with Crippen LogP contribution in [0.2, 0.25) is 0 Å². The molecule has 43 heavy (non-hydrogen) atoms. The number of carbonyl (C=O) groups excluding carboxylic acids is 7. The quantitative estimate of drug-likeness (QED) is 0.225. The number of hydrogen-bond acceptors (Lipinski definition) is 16. The second-order valence-corrected chi connectivity index (χ2v) is 10.0. The average Bonchev–Trinajstić information content (AvgIpc) is 2.86. The van der Waals surface area contributed by atoms with Crippen molar-refractivity contribution in [2.75, 3.05) is 13.2 Å². The van der Waals surface area contributed by atoms with Crippen LogP contribution in [0.3, 0.4) is 0 Å². The SMILES string of the molecule is CC(=O)OC[C@@H]1CC[C@H](OC(C)=O)[C@@H](OC(C)=O)[C@@H]1O[C@@H]1O[C@H](COC(C)=O)[C@@H](OC(C)=O)[C@H](OC(C)=O)[C@H]1OC(C)=O. The van der Waals surface area contributed by atoms with Gasteiger partial charge < -0.3 is 42.6 Å². The van der Waals surface area contributed by atoms with Crippen LogP contribution < -0.4 is 0 Å². The molecule has 16 heteroatoms. The molecule has 0 bridgehead atoms. The maximum atomic E-state index is 12.2. The zero-order valence-corrected chi connectivity index (χ0v) is 25.1. The summed E-state index contributed by atoms with van der Waals surface area (Å²) < 4.78 is 49.7. The molecule has 1 saturated carbocycles. The summed E-state index contributed by atoms with van der Waals surface area (Å²) in [6.07, 6.45) is -10.4. The Morgan fingerprint density at radius 3 is 1.49 bits per heavy atom. The number of rotatable bonds is 11. The first-order valence-corrected chi connectivity index (χ1v) is 13.5. The summed E-state index contributed by atoms with van der Waals surface area (Å²) >= 11 is 0. The van der Waals surface area contributed by atoms with Crippen molar-refractivity contribution in [3.8, 4) is 0 Å². The minimum Gasteiger partial charge on any atom is -0.465 e. The lowest BCUT2D eigenvalue weighted by Gasteiger charge is -2.47. The van der Waals surface area contributed by atoms with E-state index in [1.54, 1.807) is 0 Å². The summed E-state index contributed by atoms with van der Waals surface area (Å²) in [7, 11) is 0. The third-order valence-corrected chi connectivity index (χ3v) is 6.34. The van der Waals surface area contributed by atoms with Crippen LogP contribution in [-0.4, -0.2) is 104 Å². The van der Waals surface area contributed by atoms with Gasteiger partial charge in [-0.2, -0.15) is 0 Å². The number of hydrogen-bond donors (Lipinski definition) is 0. The molecule has 16 nitrogen and oxygen atoms in total. The molecule has 1 saturated heterocycles. The molecule has 0 radical (unpaired) electrons. The van der Waals surface area contributed by atoms with E-state index >= 15 is 0 Å². The molecule has 2 rings (SSSR count). The Balaban J connectivity index is 2.62. The molecule has 0 aromatic rings. The maximum absolute atomic E-state index is 12.2. The first kappa shape index (κ1) is 35.4. The minimum absolute atomic E-state index is 0.199. The largest absolute Gasteiger partial charge is 0.465 e. The number of esters is 7. The van der Waals surface area contributed by atoms with E-state index in [0.717, 1.165) is 34.6 Å². The molecule has 9 atom stereocenters. The van der Waals surface area contributed by atoms with Crippen molar-refractivity contribution in [3.05, 3.63) is 0 Å². The summed E-state index contributed by atoms with van der Waals surface area (Å²) in [6.45, 7) is 7.15. The van der Waals surface area contributed by atoms with Crippen LogP contribution in [0.25, 0.3) is 0 Å². The molecular formula is C27H38O16. The van der Waals surface area contributed by atoms with E-state index in [1.807, 2.05) is 0 Å². The van der Waals surface area contributed by atoms with Gasteiger partial charge in [-0.15, -0.1) is 0 Å². The van der Waals surface area contributed by atoms with Crippen LogP contribution in [0.15, 0.2) is 0 Å². The molecule has 0 amide bonds. The van der Waals surface area contributed by atoms with Gasteiger partial charge in [-0.1, -0.05) is 0 Å². The van der Waals surface area contributed by atoms with E-state index < -0.39 is 103 Å². The standard InChI is InChI=1S/C27H38O16/c1-12(28)35-10-19-8-9-20(37-14(3)30)23(38-15(4)31)22(19)43-27-26(41-18(7)34)25(40-17(6)33)24(39-16(5)32)21(42-27)11-36-13(2)29/h19-27H,8-11H2,1-7H3/t19-,20-,21+,22+,23+,24+,25-,26+,27-/m0/s1. The van der Waals surface area contributed by atoms with E-state index in [4.69, 9.17) is 42.6 Å². The molecule has 242 valence electrons. The van der Waals surface area contributed by atoms with Gasteiger partial charge in [0.05, 0.1) is 6.61 Å². The van der Waals surface area contributed by atoms with Gasteiger partial charge in [-0.25, -0.2) is 0 Å². The van der Waals surface area contributed by atoms with Gasteiger partial charge in [0.15, 0.2) is 30.7 Å². The Bertz CT molecular complexity index is 1060. The Morgan fingerprint density at radius 1 is 0.512 bits per heavy atom. The molecule has 1 aliphatic heterocycles. The molecule has 0 N–H and O–H groups in total. The average molecular weight is 619 g/mol. The lowest BCUT2D eigenvalue weighted by atomic mass is 9.82.